The lowest BCUT2D eigenvalue weighted by molar-refractivity contribution is -0.384. The molecule has 0 saturated carbocycles. The number of anilines is 1. The molecule has 2 atom stereocenters. The Labute approximate surface area is 144 Å². The number of amides is 1. The number of nitro groups is 1. The summed E-state index contributed by atoms with van der Waals surface area (Å²) >= 11 is 0. The van der Waals surface area contributed by atoms with Gasteiger partial charge in [0.25, 0.3) is 11.6 Å². The molecule has 25 heavy (non-hydrogen) atoms. The molecule has 0 aliphatic carbocycles. The highest BCUT2D eigenvalue weighted by Gasteiger charge is 2.32. The van der Waals surface area contributed by atoms with E-state index >= 15 is 0 Å². The number of nitrogens with zero attached hydrogens (tertiary/aromatic N) is 2. The van der Waals surface area contributed by atoms with Gasteiger partial charge in [0.2, 0.25) is 0 Å². The number of esters is 1. The Balaban J connectivity index is 2.85. The number of benzene rings is 1. The smallest absolute Gasteiger partial charge is 0.341 e. The minimum absolute atomic E-state index is 0.0860. The summed E-state index contributed by atoms with van der Waals surface area (Å²) in [5, 5.41) is 22.4. The average molecular weight is 348 g/mol. The van der Waals surface area contributed by atoms with Crippen molar-refractivity contribution in [1.82, 2.24) is 5.32 Å². The van der Waals surface area contributed by atoms with Crippen LogP contribution in [0.1, 0.15) is 38.1 Å². The zero-order valence-corrected chi connectivity index (χ0v) is 14.4. The van der Waals surface area contributed by atoms with Crippen LogP contribution in [0.5, 0.6) is 0 Å². The lowest BCUT2D eigenvalue weighted by Crippen LogP contribution is -2.52. The third-order valence-corrected chi connectivity index (χ3v) is 3.89. The van der Waals surface area contributed by atoms with E-state index in [1.807, 2.05) is 6.07 Å². The van der Waals surface area contributed by atoms with Crippen molar-refractivity contribution in [3.05, 3.63) is 33.9 Å². The second-order valence-corrected chi connectivity index (χ2v) is 6.03. The Morgan fingerprint density at radius 3 is 2.44 bits per heavy atom. The molecule has 9 heteroatoms. The maximum Gasteiger partial charge on any atom is 0.341 e. The SMILES string of the molecule is CC(OC(=O)c1ccc([N+](=O)[O-])cc1N)C(=O)NC(C)(C#N)C(C)C. The highest BCUT2D eigenvalue weighted by Crippen LogP contribution is 2.21. The first kappa shape index (κ1) is 19.9. The van der Waals surface area contributed by atoms with Crippen molar-refractivity contribution in [2.24, 2.45) is 5.92 Å². The van der Waals surface area contributed by atoms with E-state index in [4.69, 9.17) is 10.5 Å². The Kier molecular flexibility index (Phi) is 6.06. The van der Waals surface area contributed by atoms with Crippen molar-refractivity contribution < 1.29 is 19.2 Å². The number of carbonyl (C=O) groups is 2. The van der Waals surface area contributed by atoms with Crippen LogP contribution in [0.3, 0.4) is 0 Å². The van der Waals surface area contributed by atoms with E-state index < -0.39 is 28.4 Å². The molecule has 1 aromatic carbocycles. The summed E-state index contributed by atoms with van der Waals surface area (Å²) in [5.74, 6) is -1.68. The molecular formula is C16H20N4O5. The highest BCUT2D eigenvalue weighted by atomic mass is 16.6. The molecule has 0 saturated heterocycles. The molecule has 134 valence electrons. The molecule has 9 nitrogen and oxygen atoms in total. The van der Waals surface area contributed by atoms with Gasteiger partial charge in [-0.05, 0) is 25.8 Å². The van der Waals surface area contributed by atoms with E-state index in [-0.39, 0.29) is 22.9 Å². The largest absolute Gasteiger partial charge is 0.449 e. The second-order valence-electron chi connectivity index (χ2n) is 6.03. The summed E-state index contributed by atoms with van der Waals surface area (Å²) in [6.45, 7) is 6.47. The molecule has 3 N–H and O–H groups in total. The number of ether oxygens (including phenoxy) is 1. The minimum atomic E-state index is -1.17. The van der Waals surface area contributed by atoms with Crippen molar-refractivity contribution in [2.45, 2.75) is 39.3 Å². The second kappa shape index (κ2) is 7.61. The first-order chi connectivity index (χ1) is 11.5. The summed E-state index contributed by atoms with van der Waals surface area (Å²) in [6.07, 6.45) is -1.17. The van der Waals surface area contributed by atoms with Gasteiger partial charge < -0.3 is 15.8 Å². The van der Waals surface area contributed by atoms with Crippen LogP contribution in [0.2, 0.25) is 0 Å². The van der Waals surface area contributed by atoms with Gasteiger partial charge in [-0.2, -0.15) is 5.26 Å². The number of nitriles is 1. The third-order valence-electron chi connectivity index (χ3n) is 3.89. The summed E-state index contributed by atoms with van der Waals surface area (Å²) in [5.41, 5.74) is 4.04. The molecular weight excluding hydrogens is 328 g/mol. The van der Waals surface area contributed by atoms with Gasteiger partial charge in [0.1, 0.15) is 5.54 Å². The van der Waals surface area contributed by atoms with Gasteiger partial charge in [0.15, 0.2) is 6.10 Å². The van der Waals surface area contributed by atoms with E-state index in [0.717, 1.165) is 18.2 Å². The van der Waals surface area contributed by atoms with E-state index in [1.165, 1.54) is 6.92 Å². The van der Waals surface area contributed by atoms with Crippen molar-refractivity contribution in [1.29, 1.82) is 5.26 Å². The van der Waals surface area contributed by atoms with Crippen molar-refractivity contribution in [2.75, 3.05) is 5.73 Å². The molecule has 2 unspecified atom stereocenters. The van der Waals surface area contributed by atoms with E-state index in [0.29, 0.717) is 0 Å². The lowest BCUT2D eigenvalue weighted by atomic mass is 9.90. The van der Waals surface area contributed by atoms with Crippen LogP contribution >= 0.6 is 0 Å². The quantitative estimate of drug-likeness (QED) is 0.344. The third kappa shape index (κ3) is 4.67. The molecule has 0 fully saturated rings. The van der Waals surface area contributed by atoms with Gasteiger partial charge in [0, 0.05) is 12.1 Å². The molecule has 0 spiro atoms. The fourth-order valence-corrected chi connectivity index (χ4v) is 1.79. The number of carbonyl (C=O) groups excluding carboxylic acids is 2. The predicted molar refractivity (Wildman–Crippen MR) is 89.4 cm³/mol. The van der Waals surface area contributed by atoms with Crippen LogP contribution in [-0.4, -0.2) is 28.4 Å². The topological polar surface area (TPSA) is 148 Å². The summed E-state index contributed by atoms with van der Waals surface area (Å²) in [7, 11) is 0. The molecule has 0 radical (unpaired) electrons. The summed E-state index contributed by atoms with van der Waals surface area (Å²) in [4.78, 5) is 34.3. The van der Waals surface area contributed by atoms with Gasteiger partial charge in [-0.3, -0.25) is 14.9 Å². The van der Waals surface area contributed by atoms with Crippen molar-refractivity contribution in [3.8, 4) is 6.07 Å². The van der Waals surface area contributed by atoms with Crippen LogP contribution in [0.15, 0.2) is 18.2 Å². The van der Waals surface area contributed by atoms with Crippen LogP contribution in [-0.2, 0) is 9.53 Å². The fraction of sp³-hybridized carbons (Fsp3) is 0.438. The fourth-order valence-electron chi connectivity index (χ4n) is 1.79. The molecule has 0 aliphatic rings. The number of hydrogen-bond donors (Lipinski definition) is 2. The Bertz CT molecular complexity index is 741. The standard InChI is InChI=1S/C16H20N4O5/c1-9(2)16(4,8-17)19-14(21)10(3)25-15(22)12-6-5-11(20(23)24)7-13(12)18/h5-7,9-10H,18H2,1-4H3,(H,19,21). The number of nitrogens with one attached hydrogen (secondary N) is 1. The van der Waals surface area contributed by atoms with Gasteiger partial charge in [-0.1, -0.05) is 13.8 Å². The van der Waals surface area contributed by atoms with Crippen molar-refractivity contribution >= 4 is 23.3 Å². The first-order valence-electron chi connectivity index (χ1n) is 7.50. The molecule has 1 amide bonds. The predicted octanol–water partition coefficient (Wildman–Crippen LogP) is 1.78. The molecule has 1 aromatic rings. The van der Waals surface area contributed by atoms with Gasteiger partial charge in [0.05, 0.1) is 22.2 Å². The van der Waals surface area contributed by atoms with Crippen LogP contribution < -0.4 is 11.1 Å². The lowest BCUT2D eigenvalue weighted by Gasteiger charge is -2.28. The minimum Gasteiger partial charge on any atom is -0.449 e. The Morgan fingerprint density at radius 2 is 2.00 bits per heavy atom. The summed E-state index contributed by atoms with van der Waals surface area (Å²) in [6, 6.07) is 5.33. The molecule has 0 heterocycles. The molecule has 0 bridgehead atoms. The van der Waals surface area contributed by atoms with Crippen LogP contribution in [0, 0.1) is 27.4 Å². The highest BCUT2D eigenvalue weighted by molar-refractivity contribution is 5.97. The normalized spacial score (nSPS) is 14.1. The number of nitrogen functional groups attached to an aromatic ring is 1. The zero-order valence-electron chi connectivity index (χ0n) is 14.4. The maximum absolute atomic E-state index is 12.2. The molecule has 0 aliphatic heterocycles. The summed E-state index contributed by atoms with van der Waals surface area (Å²) < 4.78 is 5.04. The van der Waals surface area contributed by atoms with E-state index in [9.17, 15) is 25.0 Å². The van der Waals surface area contributed by atoms with Crippen molar-refractivity contribution in [3.63, 3.8) is 0 Å². The number of non-ortho nitro benzene ring substituents is 1. The Hall–Kier alpha value is -3.15. The van der Waals surface area contributed by atoms with Gasteiger partial charge >= 0.3 is 5.97 Å². The maximum atomic E-state index is 12.2. The average Bonchev–Trinajstić information content (AvgIpc) is 2.53. The number of rotatable bonds is 6. The van der Waals surface area contributed by atoms with Gasteiger partial charge in [-0.15, -0.1) is 0 Å². The Morgan fingerprint density at radius 1 is 1.40 bits per heavy atom. The monoisotopic (exact) mass is 348 g/mol. The zero-order chi connectivity index (χ0) is 19.4. The van der Waals surface area contributed by atoms with Crippen LogP contribution in [0.4, 0.5) is 11.4 Å². The van der Waals surface area contributed by atoms with Gasteiger partial charge in [-0.25, -0.2) is 4.79 Å². The number of nitro benzene ring substituents is 1. The number of hydrogen-bond acceptors (Lipinski definition) is 7. The molecule has 1 rings (SSSR count). The first-order valence-corrected chi connectivity index (χ1v) is 7.50. The molecule has 0 aromatic heterocycles. The van der Waals surface area contributed by atoms with E-state index in [1.54, 1.807) is 20.8 Å². The van der Waals surface area contributed by atoms with Crippen LogP contribution in [0.25, 0.3) is 0 Å². The van der Waals surface area contributed by atoms with E-state index in [2.05, 4.69) is 5.32 Å². The number of nitrogens with two attached hydrogens (primary N) is 1.